The van der Waals surface area contributed by atoms with Gasteiger partial charge in [-0.25, -0.2) is 0 Å². The summed E-state index contributed by atoms with van der Waals surface area (Å²) in [4.78, 5) is 16.7. The van der Waals surface area contributed by atoms with Crippen LogP contribution in [0.25, 0.3) is 0 Å². The van der Waals surface area contributed by atoms with Crippen molar-refractivity contribution in [2.75, 3.05) is 5.32 Å². The van der Waals surface area contributed by atoms with Gasteiger partial charge in [-0.05, 0) is 55.3 Å². The second-order valence-corrected chi connectivity index (χ2v) is 7.61. The van der Waals surface area contributed by atoms with Crippen LogP contribution in [0.3, 0.4) is 0 Å². The SMILES string of the molecule is O=C(Nc1ccc2c(c1)OC1(CCCC1)O2)c1ccc(OCc2cccnc2)cc1. The standard InChI is InChI=1S/C24H22N2O4/c27-23(18-5-8-20(9-6-18)28-16-17-4-3-13-25-15-17)26-19-7-10-21-22(14-19)30-24(29-21)11-1-2-12-24/h3-10,13-15H,1-2,11-12,16H2,(H,26,27). The highest BCUT2D eigenvalue weighted by Gasteiger charge is 2.44. The van der Waals surface area contributed by atoms with Gasteiger partial charge >= 0.3 is 0 Å². The van der Waals surface area contributed by atoms with E-state index in [1.165, 1.54) is 0 Å². The fraction of sp³-hybridized carbons (Fsp3) is 0.250. The van der Waals surface area contributed by atoms with E-state index in [1.807, 2.05) is 30.3 Å². The average molecular weight is 402 g/mol. The highest BCUT2D eigenvalue weighted by molar-refractivity contribution is 6.04. The number of hydrogen-bond donors (Lipinski definition) is 1. The van der Waals surface area contributed by atoms with Gasteiger partial charge in [0.05, 0.1) is 0 Å². The van der Waals surface area contributed by atoms with Crippen molar-refractivity contribution in [3.8, 4) is 17.2 Å². The Balaban J connectivity index is 1.21. The van der Waals surface area contributed by atoms with E-state index >= 15 is 0 Å². The smallest absolute Gasteiger partial charge is 0.255 e. The lowest BCUT2D eigenvalue weighted by Gasteiger charge is -2.21. The normalized spacial score (nSPS) is 15.9. The zero-order valence-corrected chi connectivity index (χ0v) is 16.5. The molecule has 0 atom stereocenters. The molecule has 0 unspecified atom stereocenters. The van der Waals surface area contributed by atoms with Gasteiger partial charge in [0, 0.05) is 48.1 Å². The number of anilines is 1. The molecule has 2 aromatic carbocycles. The second kappa shape index (κ2) is 7.71. The zero-order chi connectivity index (χ0) is 20.4. The molecule has 1 amide bonds. The van der Waals surface area contributed by atoms with Crippen molar-refractivity contribution >= 4 is 11.6 Å². The fourth-order valence-electron chi connectivity index (χ4n) is 3.85. The molecular formula is C24H22N2O4. The van der Waals surface area contributed by atoms with E-state index in [1.54, 1.807) is 36.7 Å². The summed E-state index contributed by atoms with van der Waals surface area (Å²) in [6, 6.07) is 16.4. The number of hydrogen-bond acceptors (Lipinski definition) is 5. The molecule has 0 bridgehead atoms. The zero-order valence-electron chi connectivity index (χ0n) is 16.5. The number of amides is 1. The fourth-order valence-corrected chi connectivity index (χ4v) is 3.85. The minimum atomic E-state index is -0.503. The Kier molecular flexibility index (Phi) is 4.75. The van der Waals surface area contributed by atoms with Crippen LogP contribution in [0, 0.1) is 0 Å². The molecular weight excluding hydrogens is 380 g/mol. The van der Waals surface area contributed by atoms with Crippen LogP contribution in [0.2, 0.25) is 0 Å². The lowest BCUT2D eigenvalue weighted by Crippen LogP contribution is -2.34. The molecule has 0 radical (unpaired) electrons. The van der Waals surface area contributed by atoms with E-state index in [0.717, 1.165) is 37.0 Å². The van der Waals surface area contributed by atoms with E-state index in [4.69, 9.17) is 14.2 Å². The predicted molar refractivity (Wildman–Crippen MR) is 112 cm³/mol. The number of fused-ring (bicyclic) bond motifs is 1. The Morgan fingerprint density at radius 3 is 2.60 bits per heavy atom. The van der Waals surface area contributed by atoms with E-state index in [9.17, 15) is 4.79 Å². The van der Waals surface area contributed by atoms with Crippen LogP contribution in [0.15, 0.2) is 67.0 Å². The number of nitrogens with zero attached hydrogens (tertiary/aromatic N) is 1. The first kappa shape index (κ1) is 18.5. The number of ether oxygens (including phenoxy) is 3. The number of rotatable bonds is 5. The number of nitrogens with one attached hydrogen (secondary N) is 1. The number of benzene rings is 2. The maximum absolute atomic E-state index is 12.6. The van der Waals surface area contributed by atoms with Crippen molar-refractivity contribution in [2.24, 2.45) is 0 Å². The number of carbonyl (C=O) groups is 1. The first-order chi connectivity index (χ1) is 14.7. The summed E-state index contributed by atoms with van der Waals surface area (Å²) in [7, 11) is 0. The van der Waals surface area contributed by atoms with E-state index in [-0.39, 0.29) is 5.91 Å². The van der Waals surface area contributed by atoms with Gasteiger partial charge < -0.3 is 19.5 Å². The maximum atomic E-state index is 12.6. The monoisotopic (exact) mass is 402 g/mol. The average Bonchev–Trinajstić information content (AvgIpc) is 3.38. The van der Waals surface area contributed by atoms with Crippen molar-refractivity contribution < 1.29 is 19.0 Å². The quantitative estimate of drug-likeness (QED) is 0.654. The Morgan fingerprint density at radius 2 is 1.83 bits per heavy atom. The molecule has 1 spiro atoms. The molecule has 1 saturated carbocycles. The second-order valence-electron chi connectivity index (χ2n) is 7.61. The highest BCUT2D eigenvalue weighted by atomic mass is 16.7. The van der Waals surface area contributed by atoms with E-state index < -0.39 is 5.79 Å². The van der Waals surface area contributed by atoms with Gasteiger partial charge in [-0.3, -0.25) is 9.78 Å². The predicted octanol–water partition coefficient (Wildman–Crippen LogP) is 4.95. The number of carbonyl (C=O) groups excluding carboxylic acids is 1. The summed E-state index contributed by atoms with van der Waals surface area (Å²) in [5, 5.41) is 2.92. The van der Waals surface area contributed by atoms with Crippen LogP contribution in [-0.4, -0.2) is 16.7 Å². The molecule has 1 N–H and O–H groups in total. The summed E-state index contributed by atoms with van der Waals surface area (Å²) in [5.74, 6) is 1.43. The lowest BCUT2D eigenvalue weighted by atomic mass is 10.2. The molecule has 5 rings (SSSR count). The first-order valence-electron chi connectivity index (χ1n) is 10.1. The van der Waals surface area contributed by atoms with E-state index in [2.05, 4.69) is 10.3 Å². The number of aromatic nitrogens is 1. The van der Waals surface area contributed by atoms with Crippen LogP contribution in [0.5, 0.6) is 17.2 Å². The third kappa shape index (κ3) is 3.81. The molecule has 152 valence electrons. The van der Waals surface area contributed by atoms with Gasteiger partial charge in [0.1, 0.15) is 12.4 Å². The van der Waals surface area contributed by atoms with Crippen molar-refractivity contribution in [1.29, 1.82) is 0 Å². The lowest BCUT2D eigenvalue weighted by molar-refractivity contribution is -0.0716. The van der Waals surface area contributed by atoms with Gasteiger partial charge in [0.2, 0.25) is 0 Å². The van der Waals surface area contributed by atoms with E-state index in [0.29, 0.717) is 29.4 Å². The van der Waals surface area contributed by atoms with Crippen LogP contribution in [0.4, 0.5) is 5.69 Å². The summed E-state index contributed by atoms with van der Waals surface area (Å²) in [6.45, 7) is 0.429. The Hall–Kier alpha value is -3.54. The Labute approximate surface area is 174 Å². The van der Waals surface area contributed by atoms with Gasteiger partial charge in [-0.1, -0.05) is 6.07 Å². The van der Waals surface area contributed by atoms with Gasteiger partial charge in [0.15, 0.2) is 11.5 Å². The third-order valence-corrected chi connectivity index (χ3v) is 5.40. The van der Waals surface area contributed by atoms with Crippen molar-refractivity contribution in [1.82, 2.24) is 4.98 Å². The molecule has 3 aromatic rings. The maximum Gasteiger partial charge on any atom is 0.255 e. The molecule has 30 heavy (non-hydrogen) atoms. The van der Waals surface area contributed by atoms with Gasteiger partial charge in [-0.2, -0.15) is 0 Å². The first-order valence-corrected chi connectivity index (χ1v) is 10.1. The van der Waals surface area contributed by atoms with Crippen LogP contribution >= 0.6 is 0 Å². The molecule has 1 fully saturated rings. The van der Waals surface area contributed by atoms with Crippen LogP contribution in [-0.2, 0) is 6.61 Å². The molecule has 2 aliphatic rings. The molecule has 2 heterocycles. The molecule has 6 heteroatoms. The highest BCUT2D eigenvalue weighted by Crippen LogP contribution is 2.47. The topological polar surface area (TPSA) is 69.7 Å². The minimum Gasteiger partial charge on any atom is -0.489 e. The van der Waals surface area contributed by atoms with Gasteiger partial charge in [0.25, 0.3) is 11.7 Å². The van der Waals surface area contributed by atoms with Gasteiger partial charge in [-0.15, -0.1) is 0 Å². The molecule has 1 aliphatic heterocycles. The number of pyridine rings is 1. The third-order valence-electron chi connectivity index (χ3n) is 5.40. The van der Waals surface area contributed by atoms with Crippen LogP contribution in [0.1, 0.15) is 41.6 Å². The molecule has 1 aromatic heterocycles. The summed E-state index contributed by atoms with van der Waals surface area (Å²) < 4.78 is 17.8. The summed E-state index contributed by atoms with van der Waals surface area (Å²) >= 11 is 0. The van der Waals surface area contributed by atoms with Crippen molar-refractivity contribution in [2.45, 2.75) is 38.1 Å². The Morgan fingerprint density at radius 1 is 1.03 bits per heavy atom. The molecule has 6 nitrogen and oxygen atoms in total. The largest absolute Gasteiger partial charge is 0.489 e. The molecule has 0 saturated heterocycles. The van der Waals surface area contributed by atoms with Crippen molar-refractivity contribution in [3.63, 3.8) is 0 Å². The van der Waals surface area contributed by atoms with Crippen molar-refractivity contribution in [3.05, 3.63) is 78.1 Å². The molecule has 1 aliphatic carbocycles. The Bertz CT molecular complexity index is 1040. The van der Waals surface area contributed by atoms with Crippen LogP contribution < -0.4 is 19.5 Å². The minimum absolute atomic E-state index is 0.191. The summed E-state index contributed by atoms with van der Waals surface area (Å²) in [5.41, 5.74) is 2.21. The summed E-state index contributed by atoms with van der Waals surface area (Å²) in [6.07, 6.45) is 7.52.